The van der Waals surface area contributed by atoms with Crippen LogP contribution in [0.5, 0.6) is 0 Å². The number of imidazole rings is 1. The molecule has 1 rings (SSSR count). The number of rotatable bonds is 7. The van der Waals surface area contributed by atoms with E-state index in [2.05, 4.69) is 48.6 Å². The summed E-state index contributed by atoms with van der Waals surface area (Å²) in [4.78, 5) is 0. The maximum Gasteiger partial charge on any atom is 0.243 e. The van der Waals surface area contributed by atoms with Crippen LogP contribution in [0.1, 0.15) is 58.9 Å². The number of hydrogen-bond donors (Lipinski definition) is 0. The van der Waals surface area contributed by atoms with Crippen molar-refractivity contribution >= 4 is 0 Å². The first kappa shape index (κ1) is 15.5. The summed E-state index contributed by atoms with van der Waals surface area (Å²) in [6.45, 7) is 7.82. The van der Waals surface area contributed by atoms with Gasteiger partial charge in [0.15, 0.2) is 0 Å². The van der Waals surface area contributed by atoms with E-state index in [0.29, 0.717) is 6.04 Å². The zero-order valence-corrected chi connectivity index (χ0v) is 11.6. The third-order valence-corrected chi connectivity index (χ3v) is 3.06. The molecule has 0 aliphatic heterocycles. The summed E-state index contributed by atoms with van der Waals surface area (Å²) in [7, 11) is 0. The van der Waals surface area contributed by atoms with E-state index in [1.807, 2.05) is 0 Å². The lowest BCUT2D eigenvalue weighted by Crippen LogP contribution is -3.00. The van der Waals surface area contributed by atoms with Gasteiger partial charge in [-0.3, -0.25) is 0 Å². The van der Waals surface area contributed by atoms with Gasteiger partial charge in [0.25, 0.3) is 0 Å². The van der Waals surface area contributed by atoms with Crippen LogP contribution in [-0.2, 0) is 6.54 Å². The van der Waals surface area contributed by atoms with Crippen molar-refractivity contribution in [1.29, 1.82) is 0 Å². The summed E-state index contributed by atoms with van der Waals surface area (Å²) in [6.07, 6.45) is 13.3. The second kappa shape index (κ2) is 8.63. The van der Waals surface area contributed by atoms with Gasteiger partial charge in [-0.25, -0.2) is 9.13 Å². The third-order valence-electron chi connectivity index (χ3n) is 3.06. The highest BCUT2D eigenvalue weighted by molar-refractivity contribution is 4.72. The Morgan fingerprint density at radius 3 is 2.50 bits per heavy atom. The number of nitrogens with zero attached hydrogens (tertiary/aromatic N) is 2. The van der Waals surface area contributed by atoms with Crippen molar-refractivity contribution in [2.24, 2.45) is 0 Å². The number of halogens is 1. The van der Waals surface area contributed by atoms with E-state index in [1.165, 1.54) is 32.1 Å². The van der Waals surface area contributed by atoms with Gasteiger partial charge >= 0.3 is 0 Å². The molecule has 0 saturated carbocycles. The number of unbranched alkanes of at least 4 members (excludes halogenated alkanes) is 3. The molecule has 0 N–H and O–H groups in total. The van der Waals surface area contributed by atoms with E-state index in [4.69, 9.17) is 0 Å². The summed E-state index contributed by atoms with van der Waals surface area (Å²) in [5.74, 6) is 0. The molecule has 1 unspecified atom stereocenters. The standard InChI is InChI=1S/C13H25N2.ClH/c1-4-6-7-8-9-13(3)15-11-10-14(5-2)12-15;/h10-13H,4-9H2,1-3H3;1H/q+1;/p-1. The predicted octanol–water partition coefficient (Wildman–Crippen LogP) is 0.331. The fourth-order valence-electron chi connectivity index (χ4n) is 1.87. The van der Waals surface area contributed by atoms with Crippen molar-refractivity contribution in [2.75, 3.05) is 0 Å². The highest BCUT2D eigenvalue weighted by Crippen LogP contribution is 2.14. The fraction of sp³-hybridized carbons (Fsp3) is 0.769. The van der Waals surface area contributed by atoms with Crippen molar-refractivity contribution in [3.63, 3.8) is 0 Å². The number of aromatic nitrogens is 2. The summed E-state index contributed by atoms with van der Waals surface area (Å²) in [6, 6.07) is 0.648. The van der Waals surface area contributed by atoms with Crippen molar-refractivity contribution in [2.45, 2.75) is 65.5 Å². The molecule has 0 aliphatic carbocycles. The summed E-state index contributed by atoms with van der Waals surface area (Å²) in [5, 5.41) is 0. The van der Waals surface area contributed by atoms with Gasteiger partial charge in [0.1, 0.15) is 12.4 Å². The van der Waals surface area contributed by atoms with Crippen LogP contribution >= 0.6 is 0 Å². The average Bonchev–Trinajstić information content (AvgIpc) is 2.72. The van der Waals surface area contributed by atoms with Crippen molar-refractivity contribution in [3.8, 4) is 0 Å². The van der Waals surface area contributed by atoms with Crippen LogP contribution in [0, 0.1) is 0 Å². The van der Waals surface area contributed by atoms with Gasteiger partial charge in [-0.1, -0.05) is 26.2 Å². The van der Waals surface area contributed by atoms with Crippen LogP contribution in [0.4, 0.5) is 0 Å². The highest BCUT2D eigenvalue weighted by Gasteiger charge is 2.10. The predicted molar refractivity (Wildman–Crippen MR) is 63.8 cm³/mol. The van der Waals surface area contributed by atoms with Crippen LogP contribution in [0.25, 0.3) is 0 Å². The second-order valence-electron chi connectivity index (χ2n) is 4.39. The van der Waals surface area contributed by atoms with Gasteiger partial charge in [-0.2, -0.15) is 0 Å². The monoisotopic (exact) mass is 244 g/mol. The Morgan fingerprint density at radius 1 is 1.19 bits per heavy atom. The largest absolute Gasteiger partial charge is 1.00 e. The number of hydrogen-bond acceptors (Lipinski definition) is 0. The van der Waals surface area contributed by atoms with Crippen LogP contribution in [-0.4, -0.2) is 4.57 Å². The van der Waals surface area contributed by atoms with Crippen LogP contribution in [0.15, 0.2) is 18.7 Å². The van der Waals surface area contributed by atoms with Crippen LogP contribution < -0.4 is 17.0 Å². The van der Waals surface area contributed by atoms with Gasteiger partial charge in [0, 0.05) is 0 Å². The molecule has 0 saturated heterocycles. The Bertz CT molecular complexity index is 271. The lowest BCUT2D eigenvalue weighted by Gasteiger charge is -2.07. The van der Waals surface area contributed by atoms with Crippen molar-refractivity contribution in [1.82, 2.24) is 4.57 Å². The van der Waals surface area contributed by atoms with Gasteiger partial charge in [0.05, 0.1) is 12.6 Å². The molecule has 0 aliphatic rings. The quantitative estimate of drug-likeness (QED) is 0.483. The maximum absolute atomic E-state index is 2.33. The minimum Gasteiger partial charge on any atom is -1.00 e. The van der Waals surface area contributed by atoms with Crippen molar-refractivity contribution < 1.29 is 17.0 Å². The number of aryl methyl sites for hydroxylation is 1. The molecule has 0 aromatic carbocycles. The second-order valence-corrected chi connectivity index (χ2v) is 4.39. The summed E-state index contributed by atoms with van der Waals surface area (Å²) in [5.41, 5.74) is 0. The van der Waals surface area contributed by atoms with Crippen LogP contribution in [0.2, 0.25) is 0 Å². The molecular weight excluding hydrogens is 220 g/mol. The molecule has 2 nitrogen and oxygen atoms in total. The minimum absolute atomic E-state index is 0. The van der Waals surface area contributed by atoms with E-state index in [-0.39, 0.29) is 12.4 Å². The molecular formula is C13H25ClN2. The van der Waals surface area contributed by atoms with Gasteiger partial charge in [0.2, 0.25) is 6.33 Å². The van der Waals surface area contributed by atoms with E-state index < -0.39 is 0 Å². The Morgan fingerprint density at radius 2 is 1.94 bits per heavy atom. The Labute approximate surface area is 106 Å². The van der Waals surface area contributed by atoms with E-state index in [9.17, 15) is 0 Å². The molecule has 0 bridgehead atoms. The molecule has 1 atom stereocenters. The smallest absolute Gasteiger partial charge is 0.243 e. The Balaban J connectivity index is 0.00000225. The molecule has 94 valence electrons. The van der Waals surface area contributed by atoms with E-state index in [0.717, 1.165) is 6.54 Å². The molecule has 0 radical (unpaired) electrons. The van der Waals surface area contributed by atoms with Gasteiger partial charge < -0.3 is 12.4 Å². The molecule has 1 heterocycles. The third kappa shape index (κ3) is 5.02. The average molecular weight is 245 g/mol. The zero-order chi connectivity index (χ0) is 11.1. The molecule has 3 heteroatoms. The normalized spacial score (nSPS) is 12.2. The first-order valence-electron chi connectivity index (χ1n) is 6.34. The minimum atomic E-state index is 0. The van der Waals surface area contributed by atoms with Crippen molar-refractivity contribution in [3.05, 3.63) is 18.7 Å². The first-order chi connectivity index (χ1) is 7.27. The molecule has 0 fully saturated rings. The van der Waals surface area contributed by atoms with Gasteiger partial charge in [-0.15, -0.1) is 0 Å². The Hall–Kier alpha value is -0.500. The summed E-state index contributed by atoms with van der Waals surface area (Å²) < 4.78 is 4.55. The molecule has 0 amide bonds. The van der Waals surface area contributed by atoms with Crippen LogP contribution in [0.3, 0.4) is 0 Å². The fourth-order valence-corrected chi connectivity index (χ4v) is 1.87. The Kier molecular flexibility index (Phi) is 8.36. The zero-order valence-electron chi connectivity index (χ0n) is 10.8. The lowest BCUT2D eigenvalue weighted by molar-refractivity contribution is -0.693. The lowest BCUT2D eigenvalue weighted by atomic mass is 10.1. The van der Waals surface area contributed by atoms with E-state index in [1.54, 1.807) is 0 Å². The molecule has 16 heavy (non-hydrogen) atoms. The summed E-state index contributed by atoms with van der Waals surface area (Å²) >= 11 is 0. The highest BCUT2D eigenvalue weighted by atomic mass is 35.5. The van der Waals surface area contributed by atoms with Gasteiger partial charge in [-0.05, 0) is 26.7 Å². The SMILES string of the molecule is CCCCCCC(C)n1cc[n+](CC)c1.[Cl-]. The van der Waals surface area contributed by atoms with E-state index >= 15 is 0 Å². The topological polar surface area (TPSA) is 8.81 Å². The molecule has 1 aromatic rings. The maximum atomic E-state index is 2.33. The molecule has 0 spiro atoms. The molecule has 1 aromatic heterocycles. The first-order valence-corrected chi connectivity index (χ1v) is 6.34.